The molecule has 1 atom stereocenters. The smallest absolute Gasteiger partial charge is 0.126 e. The number of nitrogens with zero attached hydrogens (tertiary/aromatic N) is 2. The topological polar surface area (TPSA) is 112 Å². The van der Waals surface area contributed by atoms with Gasteiger partial charge in [0.1, 0.15) is 11.6 Å². The molecule has 2 aromatic heterocycles. The molecule has 1 aliphatic carbocycles. The van der Waals surface area contributed by atoms with Crippen molar-refractivity contribution in [1.29, 1.82) is 0 Å². The molecule has 2 fully saturated rings. The van der Waals surface area contributed by atoms with E-state index in [4.69, 9.17) is 38.0 Å². The maximum atomic E-state index is 9.54. The Bertz CT molecular complexity index is 953. The molecular formula is C25H35Cl2N5O3. The molecule has 0 amide bonds. The van der Waals surface area contributed by atoms with Crippen molar-refractivity contribution in [2.75, 3.05) is 43.5 Å². The van der Waals surface area contributed by atoms with Crippen molar-refractivity contribution in [3.63, 3.8) is 0 Å². The van der Waals surface area contributed by atoms with Crippen LogP contribution in [0.2, 0.25) is 10.0 Å². The van der Waals surface area contributed by atoms with Crippen LogP contribution < -0.4 is 16.0 Å². The molecule has 5 N–H and O–H groups in total. The number of aliphatic hydroxyl groups excluding tert-OH is 2. The molecule has 192 valence electrons. The van der Waals surface area contributed by atoms with Gasteiger partial charge in [-0.1, -0.05) is 23.2 Å². The molecule has 0 aromatic carbocycles. The van der Waals surface area contributed by atoms with E-state index in [0.717, 1.165) is 75.5 Å². The maximum Gasteiger partial charge on any atom is 0.126 e. The van der Waals surface area contributed by atoms with Crippen molar-refractivity contribution >= 4 is 34.8 Å². The molecule has 2 aromatic rings. The molecule has 1 saturated heterocycles. The van der Waals surface area contributed by atoms with Crippen LogP contribution in [0.3, 0.4) is 0 Å². The number of ether oxygens (including phenoxy) is 1. The predicted molar refractivity (Wildman–Crippen MR) is 140 cm³/mol. The highest BCUT2D eigenvalue weighted by Crippen LogP contribution is 2.34. The second-order valence-corrected chi connectivity index (χ2v) is 10.3. The van der Waals surface area contributed by atoms with Gasteiger partial charge in [-0.25, -0.2) is 9.97 Å². The molecule has 0 spiro atoms. The minimum Gasteiger partial charge on any atom is -0.394 e. The summed E-state index contributed by atoms with van der Waals surface area (Å²) < 4.78 is 5.44. The fraction of sp³-hybridized carbons (Fsp3) is 0.600. The van der Waals surface area contributed by atoms with Gasteiger partial charge < -0.3 is 30.9 Å². The lowest BCUT2D eigenvalue weighted by atomic mass is 9.91. The molecule has 2 aliphatic rings. The highest BCUT2D eigenvalue weighted by atomic mass is 35.5. The van der Waals surface area contributed by atoms with Crippen LogP contribution in [0.15, 0.2) is 24.4 Å². The summed E-state index contributed by atoms with van der Waals surface area (Å²) in [6.07, 6.45) is 6.99. The zero-order valence-electron chi connectivity index (χ0n) is 19.9. The summed E-state index contributed by atoms with van der Waals surface area (Å²) in [5.41, 5.74) is 1.38. The summed E-state index contributed by atoms with van der Waals surface area (Å²) in [5.74, 6) is 2.10. The highest BCUT2D eigenvalue weighted by Gasteiger charge is 2.22. The first kappa shape index (κ1) is 26.4. The van der Waals surface area contributed by atoms with E-state index in [1.54, 1.807) is 6.20 Å². The van der Waals surface area contributed by atoms with Crippen molar-refractivity contribution in [1.82, 2.24) is 15.3 Å². The third-order valence-corrected chi connectivity index (χ3v) is 7.41. The Morgan fingerprint density at radius 1 is 1.00 bits per heavy atom. The Morgan fingerprint density at radius 2 is 1.74 bits per heavy atom. The second-order valence-electron chi connectivity index (χ2n) is 9.45. The average Bonchev–Trinajstić information content (AvgIpc) is 2.89. The average molecular weight is 524 g/mol. The molecule has 8 nitrogen and oxygen atoms in total. The molecule has 0 radical (unpaired) electrons. The van der Waals surface area contributed by atoms with Crippen molar-refractivity contribution in [3.8, 4) is 11.3 Å². The summed E-state index contributed by atoms with van der Waals surface area (Å²) in [6.45, 7) is 2.68. The Labute approximate surface area is 216 Å². The van der Waals surface area contributed by atoms with Gasteiger partial charge in [0.25, 0.3) is 0 Å². The number of hydrogen-bond acceptors (Lipinski definition) is 8. The molecule has 0 bridgehead atoms. The third-order valence-electron chi connectivity index (χ3n) is 6.80. The minimum absolute atomic E-state index is 0.220. The van der Waals surface area contributed by atoms with Gasteiger partial charge in [0.05, 0.1) is 28.5 Å². The van der Waals surface area contributed by atoms with E-state index < -0.39 is 6.10 Å². The van der Waals surface area contributed by atoms with Gasteiger partial charge in [-0.15, -0.1) is 0 Å². The van der Waals surface area contributed by atoms with Gasteiger partial charge in [0, 0.05) is 50.1 Å². The Kier molecular flexibility index (Phi) is 9.83. The number of aromatic nitrogens is 2. The first-order valence-electron chi connectivity index (χ1n) is 12.4. The quantitative estimate of drug-likeness (QED) is 0.318. The highest BCUT2D eigenvalue weighted by molar-refractivity contribution is 6.36. The molecule has 4 rings (SSSR count). The van der Waals surface area contributed by atoms with Crippen LogP contribution in [0.1, 0.15) is 38.5 Å². The number of nitrogens with one attached hydrogen (secondary N) is 3. The lowest BCUT2D eigenvalue weighted by Gasteiger charge is -2.30. The Hall–Kier alpha value is -1.68. The largest absolute Gasteiger partial charge is 0.394 e. The van der Waals surface area contributed by atoms with Crippen LogP contribution in [-0.2, 0) is 4.74 Å². The maximum absolute atomic E-state index is 9.54. The van der Waals surface area contributed by atoms with E-state index in [2.05, 4.69) is 20.9 Å². The number of rotatable bonds is 10. The second kappa shape index (κ2) is 13.0. The molecule has 0 unspecified atom stereocenters. The van der Waals surface area contributed by atoms with E-state index >= 15 is 0 Å². The number of anilines is 2. The number of hydrogen-bond donors (Lipinski definition) is 5. The van der Waals surface area contributed by atoms with Gasteiger partial charge in [-0.3, -0.25) is 0 Å². The van der Waals surface area contributed by atoms with Crippen LogP contribution >= 0.6 is 23.2 Å². The lowest BCUT2D eigenvalue weighted by Crippen LogP contribution is -2.41. The SMILES string of the molecule is OC[C@H](O)CNC1CCC(Nc2cc(-c3nc(NCC4CCOCC4)ccc3Cl)c(Cl)cn2)CC1. The fourth-order valence-electron chi connectivity index (χ4n) is 4.65. The number of halogens is 2. The van der Waals surface area contributed by atoms with Gasteiger partial charge in [0.15, 0.2) is 0 Å². The number of pyridine rings is 2. The van der Waals surface area contributed by atoms with Crippen molar-refractivity contribution in [2.45, 2.75) is 56.7 Å². The van der Waals surface area contributed by atoms with Gasteiger partial charge in [-0.05, 0) is 62.6 Å². The predicted octanol–water partition coefficient (Wildman–Crippen LogP) is 3.95. The van der Waals surface area contributed by atoms with Crippen LogP contribution in [-0.4, -0.2) is 71.3 Å². The first-order chi connectivity index (χ1) is 17.0. The van der Waals surface area contributed by atoms with E-state index in [-0.39, 0.29) is 6.61 Å². The molecule has 1 saturated carbocycles. The Morgan fingerprint density at radius 3 is 2.49 bits per heavy atom. The zero-order chi connectivity index (χ0) is 24.6. The van der Waals surface area contributed by atoms with Gasteiger partial charge >= 0.3 is 0 Å². The summed E-state index contributed by atoms with van der Waals surface area (Å²) in [4.78, 5) is 9.25. The minimum atomic E-state index is -0.710. The van der Waals surface area contributed by atoms with Crippen LogP contribution in [0.25, 0.3) is 11.3 Å². The Balaban J connectivity index is 1.37. The van der Waals surface area contributed by atoms with Crippen molar-refractivity contribution in [2.24, 2.45) is 5.92 Å². The summed E-state index contributed by atoms with van der Waals surface area (Å²) >= 11 is 13.0. The van der Waals surface area contributed by atoms with Crippen LogP contribution in [0.5, 0.6) is 0 Å². The summed E-state index contributed by atoms with van der Waals surface area (Å²) in [7, 11) is 0. The normalized spacial score (nSPS) is 22.1. The van der Waals surface area contributed by atoms with E-state index in [1.807, 2.05) is 18.2 Å². The van der Waals surface area contributed by atoms with E-state index in [1.165, 1.54) is 0 Å². The monoisotopic (exact) mass is 523 g/mol. The molecule has 10 heteroatoms. The van der Waals surface area contributed by atoms with Gasteiger partial charge in [-0.2, -0.15) is 0 Å². The molecule has 1 aliphatic heterocycles. The fourth-order valence-corrected chi connectivity index (χ4v) is 5.05. The van der Waals surface area contributed by atoms with Crippen molar-refractivity contribution in [3.05, 3.63) is 34.4 Å². The third kappa shape index (κ3) is 7.65. The molecule has 3 heterocycles. The zero-order valence-corrected chi connectivity index (χ0v) is 21.4. The van der Waals surface area contributed by atoms with E-state index in [9.17, 15) is 5.11 Å². The number of aliphatic hydroxyl groups is 2. The van der Waals surface area contributed by atoms with Gasteiger partial charge in [0.2, 0.25) is 0 Å². The van der Waals surface area contributed by atoms with Crippen LogP contribution in [0.4, 0.5) is 11.6 Å². The summed E-state index contributed by atoms with van der Waals surface area (Å²) in [5, 5.41) is 29.9. The van der Waals surface area contributed by atoms with Crippen molar-refractivity contribution < 1.29 is 14.9 Å². The first-order valence-corrected chi connectivity index (χ1v) is 13.2. The lowest BCUT2D eigenvalue weighted by molar-refractivity contribution is 0.0699. The van der Waals surface area contributed by atoms with Crippen LogP contribution in [0, 0.1) is 5.92 Å². The summed E-state index contributed by atoms with van der Waals surface area (Å²) in [6, 6.07) is 6.31. The van der Waals surface area contributed by atoms with E-state index in [0.29, 0.717) is 40.3 Å². The standard InChI is InChI=1S/C25H35Cl2N5O3/c26-21-5-6-23(29-12-16-7-9-35-10-8-16)32-25(21)20-11-24(30-14-22(20)27)31-18-3-1-17(2-4-18)28-13-19(34)15-33/h5-6,11,14,16-19,28,33-34H,1-4,7-10,12-13,15H2,(H,29,32)(H,30,31)/t17?,18?,19-/m1/s1. The molecule has 35 heavy (non-hydrogen) atoms. The molecular weight excluding hydrogens is 489 g/mol.